The number of hydrogen-bond donors (Lipinski definition) is 2. The van der Waals surface area contributed by atoms with Gasteiger partial charge in [-0.05, 0) is 66.1 Å². The van der Waals surface area contributed by atoms with E-state index in [0.29, 0.717) is 29.2 Å². The third-order valence-electron chi connectivity index (χ3n) is 6.43. The van der Waals surface area contributed by atoms with Gasteiger partial charge >= 0.3 is 6.18 Å². The summed E-state index contributed by atoms with van der Waals surface area (Å²) in [5.41, 5.74) is 2.53. The molecule has 1 aromatic carbocycles. The zero-order valence-electron chi connectivity index (χ0n) is 20.4. The summed E-state index contributed by atoms with van der Waals surface area (Å²) in [4.78, 5) is 21.2. The van der Waals surface area contributed by atoms with Gasteiger partial charge in [0.15, 0.2) is 5.69 Å². The molecule has 200 valence electrons. The number of carbonyl (C=O) groups excluding carboxylic acids is 1. The summed E-state index contributed by atoms with van der Waals surface area (Å²) < 4.78 is 67.5. The Hall–Kier alpha value is -4.32. The summed E-state index contributed by atoms with van der Waals surface area (Å²) in [7, 11) is 0. The maximum Gasteiger partial charge on any atom is 0.418 e. The fourth-order valence-corrected chi connectivity index (χ4v) is 4.37. The molecule has 0 bridgehead atoms. The van der Waals surface area contributed by atoms with E-state index in [0.717, 1.165) is 16.7 Å². The quantitative estimate of drug-likeness (QED) is 0.325. The van der Waals surface area contributed by atoms with Crippen molar-refractivity contribution < 1.29 is 26.7 Å². The number of halogens is 5. The Kier molecular flexibility index (Phi) is 6.81. The summed E-state index contributed by atoms with van der Waals surface area (Å²) in [6.45, 7) is 1.59. The number of anilines is 1. The highest BCUT2D eigenvalue weighted by Crippen LogP contribution is 2.37. The molecule has 0 saturated carbocycles. The van der Waals surface area contributed by atoms with Gasteiger partial charge in [-0.15, -0.1) is 5.10 Å². The number of aryl methyl sites for hydroxylation is 1. The molecule has 1 amide bonds. The number of aromatic nitrogens is 4. The van der Waals surface area contributed by atoms with Crippen LogP contribution in [0.15, 0.2) is 67.1 Å². The number of nitrogens with zero attached hydrogens (tertiary/aromatic N) is 4. The topological polar surface area (TPSA) is 92.7 Å². The fraction of sp³-hybridized carbons (Fsp3) is 0.222. The number of nitrogens with one attached hydrogen (secondary N) is 2. The van der Waals surface area contributed by atoms with Crippen LogP contribution in [-0.2, 0) is 6.18 Å². The number of alkyl halides is 5. The number of pyridine rings is 2. The van der Waals surface area contributed by atoms with Gasteiger partial charge in [-0.3, -0.25) is 14.8 Å². The molecule has 12 heteroatoms. The first-order valence-corrected chi connectivity index (χ1v) is 11.8. The Bertz CT molecular complexity index is 1540. The Labute approximate surface area is 219 Å². The van der Waals surface area contributed by atoms with Crippen LogP contribution in [0.25, 0.3) is 22.4 Å². The predicted molar refractivity (Wildman–Crippen MR) is 133 cm³/mol. The summed E-state index contributed by atoms with van der Waals surface area (Å²) in [6, 6.07) is 12.5. The third kappa shape index (κ3) is 5.60. The average molecular weight is 540 g/mol. The second-order valence-corrected chi connectivity index (χ2v) is 9.15. The van der Waals surface area contributed by atoms with Crippen molar-refractivity contribution in [3.05, 3.63) is 89.6 Å². The van der Waals surface area contributed by atoms with Crippen molar-refractivity contribution in [2.75, 3.05) is 18.4 Å². The van der Waals surface area contributed by atoms with Crippen LogP contribution in [0.2, 0.25) is 0 Å². The fourth-order valence-electron chi connectivity index (χ4n) is 4.37. The largest absolute Gasteiger partial charge is 0.418 e. The molecular formula is C27H21F5N6O. The van der Waals surface area contributed by atoms with E-state index in [9.17, 15) is 26.7 Å². The summed E-state index contributed by atoms with van der Waals surface area (Å²) in [5.74, 6) is -4.78. The van der Waals surface area contributed by atoms with E-state index in [2.05, 4.69) is 30.8 Å². The van der Waals surface area contributed by atoms with Gasteiger partial charge in [0.25, 0.3) is 11.8 Å². The first-order chi connectivity index (χ1) is 18.5. The molecule has 0 spiro atoms. The zero-order valence-corrected chi connectivity index (χ0v) is 20.4. The first-order valence-electron chi connectivity index (χ1n) is 11.8. The van der Waals surface area contributed by atoms with Crippen molar-refractivity contribution in [3.63, 3.8) is 0 Å². The minimum absolute atomic E-state index is 0.126. The van der Waals surface area contributed by atoms with Crippen LogP contribution in [0.5, 0.6) is 0 Å². The normalized spacial score (nSPS) is 16.7. The van der Waals surface area contributed by atoms with Gasteiger partial charge in [0.05, 0.1) is 35.6 Å². The van der Waals surface area contributed by atoms with Crippen LogP contribution in [0.3, 0.4) is 0 Å². The Morgan fingerprint density at radius 3 is 2.54 bits per heavy atom. The first kappa shape index (κ1) is 26.3. The van der Waals surface area contributed by atoms with Gasteiger partial charge in [-0.2, -0.15) is 18.3 Å². The molecule has 5 rings (SSSR count). The van der Waals surface area contributed by atoms with Crippen molar-refractivity contribution >= 4 is 11.6 Å². The van der Waals surface area contributed by atoms with Crippen molar-refractivity contribution in [2.45, 2.75) is 24.9 Å². The molecule has 3 aromatic heterocycles. The number of rotatable bonds is 5. The zero-order chi connectivity index (χ0) is 27.8. The van der Waals surface area contributed by atoms with Gasteiger partial charge in [0, 0.05) is 30.2 Å². The second kappa shape index (κ2) is 10.1. The van der Waals surface area contributed by atoms with Crippen molar-refractivity contribution in [1.82, 2.24) is 25.5 Å². The lowest BCUT2D eigenvalue weighted by molar-refractivity contribution is -0.137. The lowest BCUT2D eigenvalue weighted by Gasteiger charge is -2.17. The molecule has 1 aliphatic rings. The van der Waals surface area contributed by atoms with Crippen LogP contribution < -0.4 is 10.6 Å². The standard InChI is InChI=1S/C27H21F5N6O/c1-15-2-3-19(37-25(39)24-10-18(12-36-38-24)27(30,31)32)11-20(15)16-4-6-34-22(8-16)17-5-7-35-23(9-17)21-13-33-14-26(21,28)29/h2-12,21,33H,13-14H2,1H3,(H,37,39). The molecule has 7 nitrogen and oxygen atoms in total. The smallest absolute Gasteiger partial charge is 0.321 e. The number of benzene rings is 1. The van der Waals surface area contributed by atoms with E-state index in [4.69, 9.17) is 0 Å². The van der Waals surface area contributed by atoms with Crippen LogP contribution in [0.4, 0.5) is 27.6 Å². The summed E-state index contributed by atoms with van der Waals surface area (Å²) >= 11 is 0. The second-order valence-electron chi connectivity index (χ2n) is 9.15. The van der Waals surface area contributed by atoms with Crippen LogP contribution in [-0.4, -0.2) is 45.1 Å². The molecule has 1 fully saturated rings. The molecule has 4 aromatic rings. The molecule has 0 radical (unpaired) electrons. The van der Waals surface area contributed by atoms with E-state index in [1.54, 1.807) is 48.7 Å². The highest BCUT2D eigenvalue weighted by molar-refractivity contribution is 6.03. The van der Waals surface area contributed by atoms with Crippen molar-refractivity contribution in [3.8, 4) is 22.4 Å². The molecule has 0 aliphatic carbocycles. The van der Waals surface area contributed by atoms with Gasteiger partial charge in [0.1, 0.15) is 0 Å². The number of amides is 1. The van der Waals surface area contributed by atoms with E-state index < -0.39 is 41.7 Å². The lowest BCUT2D eigenvalue weighted by Crippen LogP contribution is -2.25. The molecule has 1 saturated heterocycles. The number of hydrogen-bond acceptors (Lipinski definition) is 6. The summed E-state index contributed by atoms with van der Waals surface area (Å²) in [6.07, 6.45) is -1.06. The molecule has 2 N–H and O–H groups in total. The van der Waals surface area contributed by atoms with E-state index in [1.165, 1.54) is 6.20 Å². The van der Waals surface area contributed by atoms with Crippen LogP contribution in [0.1, 0.15) is 33.2 Å². The van der Waals surface area contributed by atoms with Gasteiger partial charge < -0.3 is 10.6 Å². The Balaban J connectivity index is 1.42. The predicted octanol–water partition coefficient (Wildman–Crippen LogP) is 5.50. The SMILES string of the molecule is Cc1ccc(NC(=O)c2cc(C(F)(F)F)cnn2)cc1-c1ccnc(-c2ccnc(C3CNCC3(F)F)c2)c1. The average Bonchev–Trinajstić information content (AvgIpc) is 3.28. The van der Waals surface area contributed by atoms with E-state index in [-0.39, 0.29) is 12.2 Å². The lowest BCUT2D eigenvalue weighted by atomic mass is 9.96. The van der Waals surface area contributed by atoms with Crippen molar-refractivity contribution in [2.24, 2.45) is 0 Å². The van der Waals surface area contributed by atoms with Crippen LogP contribution >= 0.6 is 0 Å². The monoisotopic (exact) mass is 540 g/mol. The highest BCUT2D eigenvalue weighted by atomic mass is 19.4. The van der Waals surface area contributed by atoms with Gasteiger partial charge in [-0.1, -0.05) is 6.07 Å². The Morgan fingerprint density at radius 2 is 1.79 bits per heavy atom. The maximum atomic E-state index is 14.3. The Morgan fingerprint density at radius 1 is 1.03 bits per heavy atom. The maximum absolute atomic E-state index is 14.3. The molecular weight excluding hydrogens is 519 g/mol. The van der Waals surface area contributed by atoms with E-state index in [1.807, 2.05) is 6.92 Å². The number of carbonyl (C=O) groups is 1. The molecule has 4 heterocycles. The minimum atomic E-state index is -4.66. The highest BCUT2D eigenvalue weighted by Gasteiger charge is 2.45. The molecule has 1 aliphatic heterocycles. The van der Waals surface area contributed by atoms with Gasteiger partial charge in [-0.25, -0.2) is 8.78 Å². The summed E-state index contributed by atoms with van der Waals surface area (Å²) in [5, 5.41) is 12.1. The minimum Gasteiger partial charge on any atom is -0.321 e. The molecule has 39 heavy (non-hydrogen) atoms. The van der Waals surface area contributed by atoms with Crippen LogP contribution in [0, 0.1) is 6.92 Å². The third-order valence-corrected chi connectivity index (χ3v) is 6.43. The molecule has 1 atom stereocenters. The van der Waals surface area contributed by atoms with E-state index >= 15 is 0 Å². The van der Waals surface area contributed by atoms with Gasteiger partial charge in [0.2, 0.25) is 0 Å². The van der Waals surface area contributed by atoms with Crippen molar-refractivity contribution in [1.29, 1.82) is 0 Å². The molecule has 1 unspecified atom stereocenters.